The summed E-state index contributed by atoms with van der Waals surface area (Å²) in [5, 5.41) is 7.13. The summed E-state index contributed by atoms with van der Waals surface area (Å²) < 4.78 is 42.4. The van der Waals surface area contributed by atoms with E-state index in [1.54, 1.807) is 53.2 Å². The number of nitrogens with one attached hydrogen (secondary N) is 1. The van der Waals surface area contributed by atoms with E-state index >= 15 is 0 Å². The Balaban J connectivity index is 1.62. The standard InChI is InChI=1S/C26H25FN4O3S/c1-18(2)25-24(17-28-31(25)22-14-12-19(27)13-15-22)26(32)29-20-8-7-11-23(16-20)35(33,34)30(3)21-9-5-4-6-10-21/h4-18H,1-3H3,(H,29,32). The average molecular weight is 493 g/mol. The van der Waals surface area contributed by atoms with E-state index in [1.807, 2.05) is 19.9 Å². The Morgan fingerprint density at radius 3 is 2.34 bits per heavy atom. The van der Waals surface area contributed by atoms with Crippen molar-refractivity contribution in [2.45, 2.75) is 24.7 Å². The van der Waals surface area contributed by atoms with Crippen molar-refractivity contribution in [2.24, 2.45) is 0 Å². The van der Waals surface area contributed by atoms with E-state index in [4.69, 9.17) is 0 Å². The summed E-state index contributed by atoms with van der Waals surface area (Å²) in [5.41, 5.74) is 2.49. The number of carbonyl (C=O) groups excluding carboxylic acids is 1. The van der Waals surface area contributed by atoms with Gasteiger partial charge in [-0.3, -0.25) is 9.10 Å². The molecule has 7 nitrogen and oxygen atoms in total. The number of benzene rings is 3. The fourth-order valence-electron chi connectivity index (χ4n) is 3.74. The topological polar surface area (TPSA) is 84.3 Å². The molecule has 0 aliphatic heterocycles. The monoisotopic (exact) mass is 492 g/mol. The van der Waals surface area contributed by atoms with Crippen LogP contribution in [0.15, 0.2) is 90.0 Å². The van der Waals surface area contributed by atoms with Gasteiger partial charge >= 0.3 is 0 Å². The van der Waals surface area contributed by atoms with Gasteiger partial charge in [-0.05, 0) is 60.5 Å². The molecule has 0 fully saturated rings. The van der Waals surface area contributed by atoms with Crippen molar-refractivity contribution in [3.05, 3.63) is 102 Å². The van der Waals surface area contributed by atoms with Crippen LogP contribution in [0.4, 0.5) is 15.8 Å². The summed E-state index contributed by atoms with van der Waals surface area (Å²) in [6, 6.07) is 20.7. The minimum absolute atomic E-state index is 0.0488. The Bertz CT molecular complexity index is 1450. The summed E-state index contributed by atoms with van der Waals surface area (Å²) in [6.45, 7) is 3.86. The lowest BCUT2D eigenvalue weighted by Gasteiger charge is -2.20. The molecule has 0 saturated heterocycles. The van der Waals surface area contributed by atoms with Gasteiger partial charge < -0.3 is 5.32 Å². The van der Waals surface area contributed by atoms with Crippen LogP contribution in [0.25, 0.3) is 5.69 Å². The molecule has 35 heavy (non-hydrogen) atoms. The van der Waals surface area contributed by atoms with Gasteiger partial charge in [-0.25, -0.2) is 17.5 Å². The Kier molecular flexibility index (Phi) is 6.70. The molecule has 1 amide bonds. The maximum absolute atomic E-state index is 13.4. The molecule has 0 saturated carbocycles. The van der Waals surface area contributed by atoms with Gasteiger partial charge in [-0.1, -0.05) is 38.1 Å². The summed E-state index contributed by atoms with van der Waals surface area (Å²) >= 11 is 0. The normalized spacial score (nSPS) is 11.5. The van der Waals surface area contributed by atoms with Crippen LogP contribution in [0, 0.1) is 5.82 Å². The highest BCUT2D eigenvalue weighted by atomic mass is 32.2. The molecular weight excluding hydrogens is 467 g/mol. The predicted octanol–water partition coefficient (Wildman–Crippen LogP) is 5.21. The van der Waals surface area contributed by atoms with Gasteiger partial charge in [0.25, 0.3) is 15.9 Å². The van der Waals surface area contributed by atoms with E-state index in [2.05, 4.69) is 10.4 Å². The number of halogens is 1. The second-order valence-corrected chi connectivity index (χ2v) is 10.2. The Hall–Kier alpha value is -3.98. The first-order valence-corrected chi connectivity index (χ1v) is 12.4. The lowest BCUT2D eigenvalue weighted by Crippen LogP contribution is -2.26. The highest BCUT2D eigenvalue weighted by Crippen LogP contribution is 2.26. The SMILES string of the molecule is CC(C)c1c(C(=O)Nc2cccc(S(=O)(=O)N(C)c3ccccc3)c2)cnn1-c1ccc(F)cc1. The number of para-hydroxylation sites is 1. The lowest BCUT2D eigenvalue weighted by atomic mass is 10.0. The summed E-state index contributed by atoms with van der Waals surface area (Å²) in [4.78, 5) is 13.2. The first-order chi connectivity index (χ1) is 16.7. The summed E-state index contributed by atoms with van der Waals surface area (Å²) in [5.74, 6) is -0.847. The number of nitrogens with zero attached hydrogens (tertiary/aromatic N) is 3. The third-order valence-electron chi connectivity index (χ3n) is 5.54. The van der Waals surface area contributed by atoms with Crippen LogP contribution in [0.3, 0.4) is 0 Å². The van der Waals surface area contributed by atoms with Crippen molar-refractivity contribution < 1.29 is 17.6 Å². The average Bonchev–Trinajstić information content (AvgIpc) is 3.30. The van der Waals surface area contributed by atoms with Crippen LogP contribution in [0.2, 0.25) is 0 Å². The van der Waals surface area contributed by atoms with Crippen molar-refractivity contribution in [2.75, 3.05) is 16.7 Å². The second kappa shape index (κ2) is 9.71. The fourth-order valence-corrected chi connectivity index (χ4v) is 4.99. The van der Waals surface area contributed by atoms with Crippen LogP contribution in [-0.4, -0.2) is 31.2 Å². The van der Waals surface area contributed by atoms with Gasteiger partial charge in [0.05, 0.1) is 33.7 Å². The van der Waals surface area contributed by atoms with Crippen molar-refractivity contribution >= 4 is 27.3 Å². The lowest BCUT2D eigenvalue weighted by molar-refractivity contribution is 0.102. The molecule has 4 aromatic rings. The van der Waals surface area contributed by atoms with E-state index in [0.717, 1.165) is 0 Å². The molecule has 0 radical (unpaired) electrons. The molecule has 1 aromatic heterocycles. The van der Waals surface area contributed by atoms with Crippen molar-refractivity contribution in [3.63, 3.8) is 0 Å². The molecule has 0 atom stereocenters. The van der Waals surface area contributed by atoms with Gasteiger partial charge in [0.15, 0.2) is 0 Å². The highest BCUT2D eigenvalue weighted by Gasteiger charge is 2.24. The number of hydrogen-bond donors (Lipinski definition) is 1. The van der Waals surface area contributed by atoms with E-state index in [-0.39, 0.29) is 16.6 Å². The van der Waals surface area contributed by atoms with Gasteiger partial charge in [-0.2, -0.15) is 5.10 Å². The van der Waals surface area contributed by atoms with Crippen LogP contribution in [-0.2, 0) is 10.0 Å². The largest absolute Gasteiger partial charge is 0.322 e. The number of hydrogen-bond acceptors (Lipinski definition) is 4. The number of aromatic nitrogens is 2. The minimum Gasteiger partial charge on any atom is -0.322 e. The zero-order valence-corrected chi connectivity index (χ0v) is 20.3. The molecule has 0 aliphatic carbocycles. The van der Waals surface area contributed by atoms with E-state index in [1.165, 1.54) is 41.8 Å². The van der Waals surface area contributed by atoms with Gasteiger partial charge in [0.1, 0.15) is 5.82 Å². The number of sulfonamides is 1. The maximum atomic E-state index is 13.4. The molecule has 0 unspecified atom stereocenters. The maximum Gasteiger partial charge on any atom is 0.264 e. The molecule has 1 N–H and O–H groups in total. The van der Waals surface area contributed by atoms with Crippen LogP contribution >= 0.6 is 0 Å². The number of anilines is 2. The van der Waals surface area contributed by atoms with E-state index in [9.17, 15) is 17.6 Å². The molecule has 0 aliphatic rings. The van der Waals surface area contributed by atoms with E-state index < -0.39 is 15.9 Å². The smallest absolute Gasteiger partial charge is 0.264 e. The van der Waals surface area contributed by atoms with Gasteiger partial charge in [-0.15, -0.1) is 0 Å². The first kappa shape index (κ1) is 24.2. The molecule has 0 bridgehead atoms. The van der Waals surface area contributed by atoms with Crippen molar-refractivity contribution in [3.8, 4) is 5.69 Å². The molecule has 4 rings (SSSR count). The second-order valence-electron chi connectivity index (χ2n) is 8.28. The Morgan fingerprint density at radius 2 is 1.69 bits per heavy atom. The third kappa shape index (κ3) is 4.95. The molecule has 3 aromatic carbocycles. The fraction of sp³-hybridized carbons (Fsp3) is 0.154. The summed E-state index contributed by atoms with van der Waals surface area (Å²) in [7, 11) is -2.36. The van der Waals surface area contributed by atoms with Gasteiger partial charge in [0.2, 0.25) is 0 Å². The Labute approximate surface area is 203 Å². The number of carbonyl (C=O) groups is 1. The quantitative estimate of drug-likeness (QED) is 0.384. The Morgan fingerprint density at radius 1 is 1.00 bits per heavy atom. The van der Waals surface area contributed by atoms with Crippen LogP contribution in [0.1, 0.15) is 35.8 Å². The zero-order chi connectivity index (χ0) is 25.2. The van der Waals surface area contributed by atoms with Crippen molar-refractivity contribution in [1.82, 2.24) is 9.78 Å². The van der Waals surface area contributed by atoms with Gasteiger partial charge in [0, 0.05) is 12.7 Å². The van der Waals surface area contributed by atoms with Crippen LogP contribution in [0.5, 0.6) is 0 Å². The number of amides is 1. The molecule has 1 heterocycles. The van der Waals surface area contributed by atoms with E-state index in [0.29, 0.717) is 28.3 Å². The van der Waals surface area contributed by atoms with Crippen LogP contribution < -0.4 is 9.62 Å². The predicted molar refractivity (Wildman–Crippen MR) is 134 cm³/mol. The molecular formula is C26H25FN4O3S. The molecule has 9 heteroatoms. The van der Waals surface area contributed by atoms with Crippen molar-refractivity contribution in [1.29, 1.82) is 0 Å². The third-order valence-corrected chi connectivity index (χ3v) is 7.32. The highest BCUT2D eigenvalue weighted by molar-refractivity contribution is 7.92. The number of rotatable bonds is 7. The molecule has 180 valence electrons. The summed E-state index contributed by atoms with van der Waals surface area (Å²) in [6.07, 6.45) is 1.46. The molecule has 0 spiro atoms. The first-order valence-electron chi connectivity index (χ1n) is 11.0. The minimum atomic E-state index is -3.84. The zero-order valence-electron chi connectivity index (χ0n) is 19.5.